The molecule has 1 fully saturated rings. The van der Waals surface area contributed by atoms with Gasteiger partial charge in [-0.05, 0) is 37.8 Å². The molecule has 0 atom stereocenters. The van der Waals surface area contributed by atoms with Crippen LogP contribution < -0.4 is 11.1 Å². The van der Waals surface area contributed by atoms with Gasteiger partial charge in [-0.25, -0.2) is 4.79 Å². The molecule has 0 aromatic carbocycles. The van der Waals surface area contributed by atoms with E-state index in [0.29, 0.717) is 24.4 Å². The van der Waals surface area contributed by atoms with Gasteiger partial charge < -0.3 is 11.1 Å². The number of nitrogens with two attached hydrogens (primary N) is 1. The van der Waals surface area contributed by atoms with Crippen molar-refractivity contribution in [2.24, 2.45) is 5.73 Å². The quantitative estimate of drug-likeness (QED) is 0.570. The van der Waals surface area contributed by atoms with E-state index in [9.17, 15) is 4.79 Å². The summed E-state index contributed by atoms with van der Waals surface area (Å²) in [6.45, 7) is 0.376. The van der Waals surface area contributed by atoms with Crippen molar-refractivity contribution in [3.8, 4) is 0 Å². The first-order valence-corrected chi connectivity index (χ1v) is 6.97. The third-order valence-corrected chi connectivity index (χ3v) is 3.42. The number of aromatic nitrogens is 1. The van der Waals surface area contributed by atoms with Gasteiger partial charge in [-0.1, -0.05) is 11.6 Å². The maximum Gasteiger partial charge on any atom is 0.324 e. The number of rotatable bonds is 5. The van der Waals surface area contributed by atoms with Crippen molar-refractivity contribution in [2.45, 2.75) is 31.7 Å². The molecule has 20 heavy (non-hydrogen) atoms. The van der Waals surface area contributed by atoms with Gasteiger partial charge in [0.1, 0.15) is 0 Å². The summed E-state index contributed by atoms with van der Waals surface area (Å²) in [5, 5.41) is 10.9. The molecule has 1 aromatic rings. The lowest BCUT2D eigenvalue weighted by Crippen LogP contribution is -2.48. The zero-order valence-electron chi connectivity index (χ0n) is 11.1. The maximum atomic E-state index is 11.9. The largest absolute Gasteiger partial charge is 0.370 e. The summed E-state index contributed by atoms with van der Waals surface area (Å²) in [5.41, 5.74) is 6.24. The second-order valence-electron chi connectivity index (χ2n) is 4.80. The summed E-state index contributed by atoms with van der Waals surface area (Å²) >= 11 is 6.02. The highest BCUT2D eigenvalue weighted by molar-refractivity contribution is 6.31. The normalized spacial score (nSPS) is 13.8. The zero-order chi connectivity index (χ0) is 14.5. The van der Waals surface area contributed by atoms with Crippen LogP contribution in [0.4, 0.5) is 4.79 Å². The van der Waals surface area contributed by atoms with Gasteiger partial charge in [-0.2, -0.15) is 0 Å². The molecule has 1 aliphatic carbocycles. The van der Waals surface area contributed by atoms with Gasteiger partial charge in [0.25, 0.3) is 0 Å². The molecule has 2 rings (SSSR count). The van der Waals surface area contributed by atoms with Gasteiger partial charge in [0.15, 0.2) is 5.96 Å². The molecule has 6 nitrogen and oxygen atoms in total. The molecular formula is C13H18ClN5O. The molecule has 1 saturated carbocycles. The van der Waals surface area contributed by atoms with E-state index < -0.39 is 0 Å². The van der Waals surface area contributed by atoms with Gasteiger partial charge in [0, 0.05) is 18.8 Å². The number of halogens is 1. The number of carbonyl (C=O) groups is 1. The molecule has 7 heteroatoms. The Balaban J connectivity index is 1.84. The molecule has 2 amide bonds. The summed E-state index contributed by atoms with van der Waals surface area (Å²) in [6.07, 6.45) is 4.97. The lowest BCUT2D eigenvalue weighted by atomic mass is 10.2. The summed E-state index contributed by atoms with van der Waals surface area (Å²) in [4.78, 5) is 17.3. The molecule has 0 unspecified atom stereocenters. The number of carbonyl (C=O) groups excluding carboxylic acids is 1. The maximum absolute atomic E-state index is 11.9. The predicted molar refractivity (Wildman–Crippen MR) is 77.7 cm³/mol. The number of urea groups is 1. The highest BCUT2D eigenvalue weighted by atomic mass is 35.5. The fourth-order valence-electron chi connectivity index (χ4n) is 1.82. The third kappa shape index (κ3) is 4.09. The van der Waals surface area contributed by atoms with E-state index in [-0.39, 0.29) is 18.0 Å². The van der Waals surface area contributed by atoms with Crippen molar-refractivity contribution in [3.05, 3.63) is 29.0 Å². The van der Waals surface area contributed by atoms with Gasteiger partial charge >= 0.3 is 6.03 Å². The first-order valence-electron chi connectivity index (χ1n) is 6.59. The molecule has 1 aromatic heterocycles. The Morgan fingerprint density at radius 1 is 1.60 bits per heavy atom. The Hall–Kier alpha value is -1.82. The van der Waals surface area contributed by atoms with Crippen molar-refractivity contribution in [1.82, 2.24) is 15.2 Å². The fourth-order valence-corrected chi connectivity index (χ4v) is 2.03. The van der Waals surface area contributed by atoms with Crippen molar-refractivity contribution >= 4 is 23.6 Å². The number of aryl methyl sites for hydroxylation is 1. The van der Waals surface area contributed by atoms with Crippen LogP contribution in [0.2, 0.25) is 5.02 Å². The van der Waals surface area contributed by atoms with E-state index in [1.165, 1.54) is 4.90 Å². The van der Waals surface area contributed by atoms with Crippen LogP contribution in [0, 0.1) is 5.41 Å². The van der Waals surface area contributed by atoms with Crippen LogP contribution in [0.15, 0.2) is 18.3 Å². The number of nitrogens with zero attached hydrogens (tertiary/aromatic N) is 2. The van der Waals surface area contributed by atoms with Crippen LogP contribution in [0.1, 0.15) is 25.0 Å². The van der Waals surface area contributed by atoms with Crippen molar-refractivity contribution < 1.29 is 4.79 Å². The second kappa shape index (κ2) is 6.56. The third-order valence-electron chi connectivity index (χ3n) is 3.07. The van der Waals surface area contributed by atoms with E-state index in [2.05, 4.69) is 10.3 Å². The molecular weight excluding hydrogens is 278 g/mol. The lowest BCUT2D eigenvalue weighted by molar-refractivity contribution is 0.219. The molecule has 4 N–H and O–H groups in total. The molecule has 0 bridgehead atoms. The Labute approximate surface area is 122 Å². The minimum absolute atomic E-state index is 0.240. The van der Waals surface area contributed by atoms with Gasteiger partial charge in [0.2, 0.25) is 0 Å². The SMILES string of the molecule is N=C(N)N(CCCc1ncccc1Cl)C(=O)NC1CC1. The molecule has 0 saturated heterocycles. The average molecular weight is 296 g/mol. The van der Waals surface area contributed by atoms with E-state index in [1.807, 2.05) is 0 Å². The molecule has 0 radical (unpaired) electrons. The number of guanidine groups is 1. The molecule has 1 heterocycles. The average Bonchev–Trinajstić information content (AvgIpc) is 3.19. The summed E-state index contributed by atoms with van der Waals surface area (Å²) in [6, 6.07) is 3.50. The summed E-state index contributed by atoms with van der Waals surface area (Å²) in [7, 11) is 0. The Morgan fingerprint density at radius 2 is 2.35 bits per heavy atom. The summed E-state index contributed by atoms with van der Waals surface area (Å²) < 4.78 is 0. The van der Waals surface area contributed by atoms with E-state index in [4.69, 9.17) is 22.7 Å². The lowest BCUT2D eigenvalue weighted by Gasteiger charge is -2.21. The minimum atomic E-state index is -0.299. The fraction of sp³-hybridized carbons (Fsp3) is 0.462. The van der Waals surface area contributed by atoms with Crippen LogP contribution >= 0.6 is 11.6 Å². The monoisotopic (exact) mass is 295 g/mol. The number of amides is 2. The minimum Gasteiger partial charge on any atom is -0.370 e. The Kier molecular flexibility index (Phi) is 4.79. The van der Waals surface area contributed by atoms with Crippen LogP contribution in [0.25, 0.3) is 0 Å². The number of pyridine rings is 1. The second-order valence-corrected chi connectivity index (χ2v) is 5.20. The molecule has 0 spiro atoms. The van der Waals surface area contributed by atoms with Gasteiger partial charge in [-0.15, -0.1) is 0 Å². The van der Waals surface area contributed by atoms with Gasteiger partial charge in [0.05, 0.1) is 10.7 Å². The topological polar surface area (TPSA) is 95.1 Å². The predicted octanol–water partition coefficient (Wildman–Crippen LogP) is 1.74. The van der Waals surface area contributed by atoms with Crippen molar-refractivity contribution in [1.29, 1.82) is 5.41 Å². The van der Waals surface area contributed by atoms with Crippen LogP contribution in [0.5, 0.6) is 0 Å². The van der Waals surface area contributed by atoms with E-state index in [0.717, 1.165) is 18.5 Å². The zero-order valence-corrected chi connectivity index (χ0v) is 11.9. The van der Waals surface area contributed by atoms with Crippen molar-refractivity contribution in [3.63, 3.8) is 0 Å². The molecule has 0 aliphatic heterocycles. The summed E-state index contributed by atoms with van der Waals surface area (Å²) in [5.74, 6) is -0.240. The number of nitrogens with one attached hydrogen (secondary N) is 2. The Morgan fingerprint density at radius 3 is 2.95 bits per heavy atom. The number of hydrogen-bond donors (Lipinski definition) is 3. The molecule has 108 valence electrons. The highest BCUT2D eigenvalue weighted by Crippen LogP contribution is 2.19. The molecule has 1 aliphatic rings. The van der Waals surface area contributed by atoms with Crippen molar-refractivity contribution in [2.75, 3.05) is 6.54 Å². The standard InChI is InChI=1S/C13H18ClN5O/c14-10-3-1-7-17-11(10)4-2-8-19(12(15)16)13(20)18-9-5-6-9/h1,3,7,9H,2,4-6,8H2,(H3,15,16)(H,18,20). The van der Waals surface area contributed by atoms with E-state index >= 15 is 0 Å². The van der Waals surface area contributed by atoms with Gasteiger partial charge in [-0.3, -0.25) is 15.3 Å². The van der Waals surface area contributed by atoms with Crippen LogP contribution in [0.3, 0.4) is 0 Å². The van der Waals surface area contributed by atoms with Crippen LogP contribution in [-0.2, 0) is 6.42 Å². The first-order chi connectivity index (χ1) is 9.58. The van der Waals surface area contributed by atoms with Crippen LogP contribution in [-0.4, -0.2) is 34.5 Å². The van der Waals surface area contributed by atoms with E-state index in [1.54, 1.807) is 18.3 Å². The highest BCUT2D eigenvalue weighted by Gasteiger charge is 2.26. The Bertz CT molecular complexity index is 503. The smallest absolute Gasteiger partial charge is 0.324 e. The number of hydrogen-bond acceptors (Lipinski definition) is 3. The first kappa shape index (κ1) is 14.6.